The summed E-state index contributed by atoms with van der Waals surface area (Å²) >= 11 is 0. The van der Waals surface area contributed by atoms with Crippen LogP contribution in [0.4, 0.5) is 0 Å². The van der Waals surface area contributed by atoms with Crippen LogP contribution in [-0.2, 0) is 22.8 Å². The Bertz CT molecular complexity index is 374. The van der Waals surface area contributed by atoms with Gasteiger partial charge in [-0.15, -0.1) is 0 Å². The smallest absolute Gasteiger partial charge is 0.394 e. The molecule has 0 fully saturated rings. The molecule has 108 valence electrons. The van der Waals surface area contributed by atoms with Gasteiger partial charge in [0.05, 0.1) is 6.61 Å². The maximum atomic E-state index is 11.0. The number of ketones is 1. The van der Waals surface area contributed by atoms with Crippen LogP contribution in [0.3, 0.4) is 0 Å². The van der Waals surface area contributed by atoms with E-state index in [-0.39, 0.29) is 0 Å². The molecule has 0 aliphatic heterocycles. The number of hydrogen-bond donors (Lipinski definition) is 6. The predicted octanol–water partition coefficient (Wildman–Crippen LogP) is -2.50. The number of hydrogen-bond acceptors (Lipinski definition) is 8. The molecule has 1 unspecified atom stereocenters. The number of phosphoric ester groups is 1. The van der Waals surface area contributed by atoms with E-state index in [0.29, 0.717) is 0 Å². The summed E-state index contributed by atoms with van der Waals surface area (Å²) in [6, 6.07) is 0. The molecule has 0 heterocycles. The third-order valence-corrected chi connectivity index (χ3v) is 3.59. The first kappa shape index (κ1) is 17.8. The SMILES string of the molecule is O=C(COP(=O)(O)OP(=O)(O)O)[C@H](O)[C@H](O)CO. The standard InChI is InChI=1S/C5H12O11P2/c6-1-3(7)5(9)4(8)2-15-18(13,14)16-17(10,11)12/h3,5-7,9H,1-2H2,(H,13,14)(H2,10,11,12)/t3-,5-/m1/s1. The maximum absolute atomic E-state index is 11.0. The van der Waals surface area contributed by atoms with Gasteiger partial charge in [0.2, 0.25) is 0 Å². The number of rotatable bonds is 8. The molecule has 0 saturated carbocycles. The van der Waals surface area contributed by atoms with Crippen molar-refractivity contribution >= 4 is 21.4 Å². The molecular weight excluding hydrogens is 298 g/mol. The average molecular weight is 310 g/mol. The molecule has 0 aromatic carbocycles. The highest BCUT2D eigenvalue weighted by Gasteiger charge is 2.34. The van der Waals surface area contributed by atoms with Crippen molar-refractivity contribution in [3.05, 3.63) is 0 Å². The summed E-state index contributed by atoms with van der Waals surface area (Å²) in [5.41, 5.74) is 0. The van der Waals surface area contributed by atoms with Crippen molar-refractivity contribution in [2.24, 2.45) is 0 Å². The van der Waals surface area contributed by atoms with Crippen molar-refractivity contribution in [3.63, 3.8) is 0 Å². The number of aliphatic hydroxyl groups is 3. The molecule has 0 amide bonds. The van der Waals surface area contributed by atoms with Crippen molar-refractivity contribution in [1.82, 2.24) is 0 Å². The zero-order valence-corrected chi connectivity index (χ0v) is 10.5. The van der Waals surface area contributed by atoms with Crippen molar-refractivity contribution in [2.45, 2.75) is 12.2 Å². The minimum Gasteiger partial charge on any atom is -0.394 e. The Kier molecular flexibility index (Phi) is 6.75. The van der Waals surface area contributed by atoms with Crippen molar-refractivity contribution in [3.8, 4) is 0 Å². The second kappa shape index (κ2) is 6.83. The molecule has 0 aliphatic carbocycles. The predicted molar refractivity (Wildman–Crippen MR) is 53.0 cm³/mol. The third-order valence-electron chi connectivity index (χ3n) is 1.46. The van der Waals surface area contributed by atoms with Gasteiger partial charge in [-0.2, -0.15) is 4.31 Å². The van der Waals surface area contributed by atoms with Crippen LogP contribution < -0.4 is 0 Å². The first-order valence-corrected chi connectivity index (χ1v) is 7.25. The zero-order valence-electron chi connectivity index (χ0n) is 8.69. The van der Waals surface area contributed by atoms with Crippen LogP contribution in [0.2, 0.25) is 0 Å². The molecule has 18 heavy (non-hydrogen) atoms. The molecule has 0 aliphatic rings. The molecule has 0 saturated heterocycles. The first-order chi connectivity index (χ1) is 7.98. The number of carbonyl (C=O) groups excluding carboxylic acids is 1. The molecule has 0 aromatic rings. The average Bonchev–Trinajstić information content (AvgIpc) is 2.20. The summed E-state index contributed by atoms with van der Waals surface area (Å²) in [5, 5.41) is 26.3. The Morgan fingerprint density at radius 2 is 1.67 bits per heavy atom. The van der Waals surface area contributed by atoms with Crippen LogP contribution in [0.15, 0.2) is 0 Å². The van der Waals surface area contributed by atoms with Gasteiger partial charge in [-0.1, -0.05) is 0 Å². The molecule has 0 rings (SSSR count). The van der Waals surface area contributed by atoms with E-state index in [1.807, 2.05) is 0 Å². The summed E-state index contributed by atoms with van der Waals surface area (Å²) in [4.78, 5) is 36.2. The highest BCUT2D eigenvalue weighted by atomic mass is 31.3. The van der Waals surface area contributed by atoms with Crippen LogP contribution in [0.25, 0.3) is 0 Å². The lowest BCUT2D eigenvalue weighted by atomic mass is 10.1. The molecular formula is C5H12O11P2. The van der Waals surface area contributed by atoms with E-state index in [4.69, 9.17) is 30.0 Å². The van der Waals surface area contributed by atoms with E-state index in [0.717, 1.165) is 0 Å². The quantitative estimate of drug-likeness (QED) is 0.259. The molecule has 11 nitrogen and oxygen atoms in total. The fourth-order valence-corrected chi connectivity index (χ4v) is 2.26. The van der Waals surface area contributed by atoms with Gasteiger partial charge in [0.25, 0.3) is 0 Å². The fraction of sp³-hybridized carbons (Fsp3) is 0.800. The molecule has 3 atom stereocenters. The molecule has 0 aromatic heterocycles. The molecule has 0 bridgehead atoms. The molecule has 0 radical (unpaired) electrons. The Balaban J connectivity index is 4.37. The second-order valence-corrected chi connectivity index (χ2v) is 5.80. The highest BCUT2D eigenvalue weighted by molar-refractivity contribution is 7.60. The fourth-order valence-electron chi connectivity index (χ4n) is 0.703. The van der Waals surface area contributed by atoms with Gasteiger partial charge in [-0.3, -0.25) is 9.32 Å². The molecule has 13 heteroatoms. The van der Waals surface area contributed by atoms with Gasteiger partial charge in [-0.05, 0) is 0 Å². The summed E-state index contributed by atoms with van der Waals surface area (Å²) in [5.74, 6) is -1.29. The monoisotopic (exact) mass is 310 g/mol. The number of phosphoric acid groups is 2. The Morgan fingerprint density at radius 1 is 1.17 bits per heavy atom. The van der Waals surface area contributed by atoms with Crippen LogP contribution in [0, 0.1) is 0 Å². The van der Waals surface area contributed by atoms with Crippen LogP contribution in [0.1, 0.15) is 0 Å². The minimum atomic E-state index is -5.30. The Labute approximate surface area is 100 Å². The number of Topliss-reactive ketones (excluding diaryl/α,β-unsaturated/α-hetero) is 1. The van der Waals surface area contributed by atoms with E-state index in [1.54, 1.807) is 0 Å². The number of carbonyl (C=O) groups is 1. The van der Waals surface area contributed by atoms with Gasteiger partial charge in [0, 0.05) is 0 Å². The Morgan fingerprint density at radius 3 is 2.06 bits per heavy atom. The first-order valence-electron chi connectivity index (χ1n) is 4.22. The largest absolute Gasteiger partial charge is 0.481 e. The van der Waals surface area contributed by atoms with Crippen LogP contribution >= 0.6 is 15.6 Å². The zero-order chi connectivity index (χ0) is 14.6. The van der Waals surface area contributed by atoms with E-state index in [9.17, 15) is 13.9 Å². The summed E-state index contributed by atoms with van der Waals surface area (Å²) < 4.78 is 28.3. The van der Waals surface area contributed by atoms with Crippen LogP contribution in [0.5, 0.6) is 0 Å². The van der Waals surface area contributed by atoms with Gasteiger partial charge in [0.1, 0.15) is 18.8 Å². The third kappa shape index (κ3) is 7.29. The van der Waals surface area contributed by atoms with Crippen LogP contribution in [-0.4, -0.2) is 61.2 Å². The van der Waals surface area contributed by atoms with Gasteiger partial charge < -0.3 is 30.0 Å². The van der Waals surface area contributed by atoms with E-state index < -0.39 is 46.9 Å². The Hall–Kier alpha value is -0.190. The summed E-state index contributed by atoms with van der Waals surface area (Å²) in [6.45, 7) is -2.20. The van der Waals surface area contributed by atoms with Gasteiger partial charge >= 0.3 is 15.6 Å². The minimum absolute atomic E-state index is 0.942. The van der Waals surface area contributed by atoms with E-state index in [1.165, 1.54) is 0 Å². The maximum Gasteiger partial charge on any atom is 0.481 e. The molecule has 6 N–H and O–H groups in total. The summed E-state index contributed by atoms with van der Waals surface area (Å²) in [7, 11) is -10.5. The van der Waals surface area contributed by atoms with Crippen molar-refractivity contribution < 1.29 is 52.8 Å². The van der Waals surface area contributed by atoms with Gasteiger partial charge in [0.15, 0.2) is 5.78 Å². The summed E-state index contributed by atoms with van der Waals surface area (Å²) in [6.07, 6.45) is -3.90. The van der Waals surface area contributed by atoms with E-state index in [2.05, 4.69) is 8.83 Å². The van der Waals surface area contributed by atoms with Gasteiger partial charge in [-0.25, -0.2) is 9.13 Å². The molecule has 0 spiro atoms. The van der Waals surface area contributed by atoms with E-state index >= 15 is 0 Å². The normalized spacial score (nSPS) is 19.0. The van der Waals surface area contributed by atoms with Crippen molar-refractivity contribution in [2.75, 3.05) is 13.2 Å². The highest BCUT2D eigenvalue weighted by Crippen LogP contribution is 2.57. The number of aliphatic hydroxyl groups excluding tert-OH is 3. The van der Waals surface area contributed by atoms with Crippen molar-refractivity contribution in [1.29, 1.82) is 0 Å². The lowest BCUT2D eigenvalue weighted by Crippen LogP contribution is -2.38. The lowest BCUT2D eigenvalue weighted by Gasteiger charge is -2.16. The second-order valence-electron chi connectivity index (χ2n) is 2.98. The topological polar surface area (TPSA) is 191 Å². The lowest BCUT2D eigenvalue weighted by molar-refractivity contribution is -0.137.